The van der Waals surface area contributed by atoms with E-state index in [1.807, 2.05) is 6.07 Å². The predicted octanol–water partition coefficient (Wildman–Crippen LogP) is 4.45. The molecule has 192 valence electrons. The number of hydrogen-bond acceptors (Lipinski definition) is 8. The van der Waals surface area contributed by atoms with E-state index in [-0.39, 0.29) is 23.7 Å². The number of benzene rings is 1. The van der Waals surface area contributed by atoms with Crippen molar-refractivity contribution in [2.75, 3.05) is 6.61 Å². The molecule has 0 amide bonds. The topological polar surface area (TPSA) is 121 Å². The Hall–Kier alpha value is -4.16. The second-order valence-corrected chi connectivity index (χ2v) is 9.97. The molecule has 6 rings (SSSR count). The number of thiophene rings is 1. The van der Waals surface area contributed by atoms with E-state index < -0.39 is 18.0 Å². The van der Waals surface area contributed by atoms with Crippen LogP contribution in [-0.2, 0) is 11.2 Å². The van der Waals surface area contributed by atoms with Gasteiger partial charge in [0.2, 0.25) is 5.95 Å². The number of carbonyl (C=O) groups is 1. The molecule has 0 bridgehead atoms. The van der Waals surface area contributed by atoms with Crippen molar-refractivity contribution in [3.63, 3.8) is 0 Å². The largest absolute Gasteiger partial charge is 0.462 e. The van der Waals surface area contributed by atoms with Crippen molar-refractivity contribution in [3.8, 4) is 28.2 Å². The van der Waals surface area contributed by atoms with E-state index in [0.29, 0.717) is 45.1 Å². The number of nitrogens with one attached hydrogen (secondary N) is 1. The molecule has 0 aliphatic carbocycles. The van der Waals surface area contributed by atoms with Gasteiger partial charge in [0.1, 0.15) is 17.0 Å². The van der Waals surface area contributed by atoms with Crippen LogP contribution in [0.1, 0.15) is 40.4 Å². The highest BCUT2D eigenvalue weighted by Gasteiger charge is 2.30. The summed E-state index contributed by atoms with van der Waals surface area (Å²) < 4.78 is 23.2. The summed E-state index contributed by atoms with van der Waals surface area (Å²) in [5.74, 6) is -0.841. The minimum Gasteiger partial charge on any atom is -0.462 e. The minimum atomic E-state index is -0.687. The van der Waals surface area contributed by atoms with Crippen molar-refractivity contribution in [1.29, 1.82) is 0 Å². The number of imidazole rings is 1. The van der Waals surface area contributed by atoms with Crippen molar-refractivity contribution in [1.82, 2.24) is 34.7 Å². The smallest absolute Gasteiger partial charge is 0.348 e. The zero-order chi connectivity index (χ0) is 26.4. The molecule has 0 radical (unpaired) electrons. The third-order valence-corrected chi connectivity index (χ3v) is 7.51. The van der Waals surface area contributed by atoms with Crippen LogP contribution < -0.4 is 5.56 Å². The first-order chi connectivity index (χ1) is 18.4. The average molecular weight is 552 g/mol. The Balaban J connectivity index is 1.36. The number of carbonyl (C=O) groups excluding carboxylic acids is 1. The lowest BCUT2D eigenvalue weighted by atomic mass is 10.0. The fourth-order valence-electron chi connectivity index (χ4n) is 4.73. The number of ether oxygens (including phenoxy) is 1. The van der Waals surface area contributed by atoms with Gasteiger partial charge in [-0.25, -0.2) is 9.78 Å². The van der Waals surface area contributed by atoms with Gasteiger partial charge in [-0.15, -0.1) is 16.4 Å². The second kappa shape index (κ2) is 9.62. The molecule has 1 N–H and O–H groups in total. The van der Waals surface area contributed by atoms with Gasteiger partial charge in [-0.2, -0.15) is 9.07 Å². The first kappa shape index (κ1) is 24.2. The molecular weight excluding hydrogens is 533 g/mol. The molecule has 1 atom stereocenters. The van der Waals surface area contributed by atoms with Gasteiger partial charge in [0, 0.05) is 33.3 Å². The van der Waals surface area contributed by atoms with Gasteiger partial charge in [-0.1, -0.05) is 11.6 Å². The number of tetrazole rings is 1. The molecule has 4 aromatic heterocycles. The molecule has 38 heavy (non-hydrogen) atoms. The Morgan fingerprint density at radius 3 is 2.92 bits per heavy atom. The van der Waals surface area contributed by atoms with Gasteiger partial charge in [0.15, 0.2) is 0 Å². The highest BCUT2D eigenvalue weighted by molar-refractivity contribution is 7.12. The van der Waals surface area contributed by atoms with Crippen LogP contribution in [-0.4, -0.2) is 47.3 Å². The monoisotopic (exact) mass is 551 g/mol. The van der Waals surface area contributed by atoms with Crippen LogP contribution >= 0.6 is 22.9 Å². The van der Waals surface area contributed by atoms with Crippen molar-refractivity contribution in [2.45, 2.75) is 25.8 Å². The summed E-state index contributed by atoms with van der Waals surface area (Å²) in [5.41, 5.74) is 3.29. The van der Waals surface area contributed by atoms with Crippen molar-refractivity contribution >= 4 is 28.9 Å². The van der Waals surface area contributed by atoms with Crippen LogP contribution in [0.4, 0.5) is 4.39 Å². The Labute approximate surface area is 223 Å². The average Bonchev–Trinajstić information content (AvgIpc) is 3.70. The molecule has 1 aliphatic heterocycles. The number of esters is 1. The van der Waals surface area contributed by atoms with Crippen molar-refractivity contribution in [2.24, 2.45) is 0 Å². The molecule has 5 heterocycles. The lowest BCUT2D eigenvalue weighted by Crippen LogP contribution is -2.24. The summed E-state index contributed by atoms with van der Waals surface area (Å²) in [6.45, 7) is 1.99. The molecule has 13 heteroatoms. The maximum Gasteiger partial charge on any atom is 0.348 e. The zero-order valence-corrected chi connectivity index (χ0v) is 21.5. The lowest BCUT2D eigenvalue weighted by Gasteiger charge is -2.15. The first-order valence-electron chi connectivity index (χ1n) is 11.7. The van der Waals surface area contributed by atoms with Gasteiger partial charge in [0.25, 0.3) is 5.56 Å². The number of pyridine rings is 1. The molecule has 5 aromatic rings. The molecule has 0 fully saturated rings. The fraction of sp³-hybridized carbons (Fsp3) is 0.200. The number of nitrogens with zero attached hydrogens (tertiary/aromatic N) is 6. The Bertz CT molecular complexity index is 1730. The van der Waals surface area contributed by atoms with Crippen molar-refractivity contribution in [3.05, 3.63) is 85.7 Å². The predicted molar refractivity (Wildman–Crippen MR) is 138 cm³/mol. The summed E-state index contributed by atoms with van der Waals surface area (Å²) in [6.07, 6.45) is 2.54. The highest BCUT2D eigenvalue weighted by Crippen LogP contribution is 2.36. The lowest BCUT2D eigenvalue weighted by molar-refractivity contribution is 0.0532. The van der Waals surface area contributed by atoms with Gasteiger partial charge >= 0.3 is 5.97 Å². The SMILES string of the molecule is CCOC(=O)c1cc(-c2nc(F)c(C3CCc4cc(-c5cc(Cl)ccc5-n5cnnn5)cc(=O)n43)[nH]2)cs1. The maximum atomic E-state index is 15.1. The number of aromatic amines is 1. The van der Waals surface area contributed by atoms with E-state index in [1.54, 1.807) is 41.1 Å². The molecule has 0 saturated carbocycles. The third kappa shape index (κ3) is 4.21. The molecule has 1 unspecified atom stereocenters. The first-order valence-corrected chi connectivity index (χ1v) is 13.0. The van der Waals surface area contributed by atoms with Crippen LogP contribution in [0.3, 0.4) is 0 Å². The van der Waals surface area contributed by atoms with Crippen LogP contribution in [0.2, 0.25) is 5.02 Å². The summed E-state index contributed by atoms with van der Waals surface area (Å²) in [4.78, 5) is 32.9. The molecule has 0 saturated heterocycles. The Kier molecular flexibility index (Phi) is 6.12. The molecule has 1 aromatic carbocycles. The van der Waals surface area contributed by atoms with Gasteiger partial charge < -0.3 is 14.3 Å². The second-order valence-electron chi connectivity index (χ2n) is 8.62. The number of H-pyrrole nitrogens is 1. The molecule has 10 nitrogen and oxygen atoms in total. The van der Waals surface area contributed by atoms with E-state index in [2.05, 4.69) is 25.5 Å². The molecular formula is C25H19ClFN7O3S. The minimum absolute atomic E-state index is 0.217. The Morgan fingerprint density at radius 2 is 2.13 bits per heavy atom. The van der Waals surface area contributed by atoms with Crippen LogP contribution in [0.25, 0.3) is 28.2 Å². The number of aromatic nitrogens is 7. The standard InChI is InChI=1S/C25H19ClFN7O3S/c1-2-37-25(36)20-8-14(11-38-20)24-29-22(23(27)30-24)19-6-4-16-7-13(9-21(35)34(16)19)17-10-15(26)3-5-18(17)33-12-28-31-32-33/h3,5,7-12,19H,2,4,6H2,1H3,(H,29,30). The molecule has 0 spiro atoms. The highest BCUT2D eigenvalue weighted by atomic mass is 35.5. The third-order valence-electron chi connectivity index (χ3n) is 6.37. The van der Waals surface area contributed by atoms with E-state index in [9.17, 15) is 9.59 Å². The quantitative estimate of drug-likeness (QED) is 0.309. The van der Waals surface area contributed by atoms with Gasteiger partial charge in [-0.3, -0.25) is 4.79 Å². The fourth-order valence-corrected chi connectivity index (χ4v) is 5.68. The summed E-state index contributed by atoms with van der Waals surface area (Å²) in [7, 11) is 0. The van der Waals surface area contributed by atoms with Crippen LogP contribution in [0, 0.1) is 5.95 Å². The normalized spacial score (nSPS) is 14.6. The van der Waals surface area contributed by atoms with E-state index in [1.165, 1.54) is 28.4 Å². The van der Waals surface area contributed by atoms with Gasteiger partial charge in [0.05, 0.1) is 24.0 Å². The molecule has 1 aliphatic rings. The summed E-state index contributed by atoms with van der Waals surface area (Å²) >= 11 is 7.47. The summed E-state index contributed by atoms with van der Waals surface area (Å²) in [5, 5.41) is 13.6. The number of halogens is 2. The number of rotatable bonds is 6. The number of fused-ring (bicyclic) bond motifs is 1. The van der Waals surface area contributed by atoms with E-state index >= 15 is 4.39 Å². The van der Waals surface area contributed by atoms with E-state index in [0.717, 1.165) is 5.69 Å². The van der Waals surface area contributed by atoms with Gasteiger partial charge in [-0.05, 0) is 66.1 Å². The number of aryl methyl sites for hydroxylation is 1. The maximum absolute atomic E-state index is 15.1. The van der Waals surface area contributed by atoms with Crippen LogP contribution in [0.5, 0.6) is 0 Å². The van der Waals surface area contributed by atoms with Crippen LogP contribution in [0.15, 0.2) is 52.9 Å². The zero-order valence-electron chi connectivity index (χ0n) is 19.9. The number of hydrogen-bond donors (Lipinski definition) is 1. The Morgan fingerprint density at radius 1 is 1.26 bits per heavy atom. The summed E-state index contributed by atoms with van der Waals surface area (Å²) in [6, 6.07) is 9.72. The van der Waals surface area contributed by atoms with E-state index in [4.69, 9.17) is 16.3 Å². The van der Waals surface area contributed by atoms with Crippen molar-refractivity contribution < 1.29 is 13.9 Å².